The lowest BCUT2D eigenvalue weighted by Gasteiger charge is -2.11. The first-order valence-electron chi connectivity index (χ1n) is 6.97. The van der Waals surface area contributed by atoms with Gasteiger partial charge in [-0.15, -0.1) is 5.10 Å². The van der Waals surface area contributed by atoms with E-state index in [0.717, 1.165) is 31.9 Å². The molecule has 18 heavy (non-hydrogen) atoms. The largest absolute Gasteiger partial charge is 0.376 e. The van der Waals surface area contributed by atoms with Crippen molar-refractivity contribution in [2.75, 3.05) is 13.2 Å². The minimum Gasteiger partial charge on any atom is -0.376 e. The van der Waals surface area contributed by atoms with Gasteiger partial charge in [-0.2, -0.15) is 0 Å². The van der Waals surface area contributed by atoms with Crippen LogP contribution >= 0.6 is 0 Å². The summed E-state index contributed by atoms with van der Waals surface area (Å²) in [6.07, 6.45) is 6.61. The fraction of sp³-hybridized carbons (Fsp3) is 0.917. The van der Waals surface area contributed by atoms with Crippen LogP contribution < -0.4 is 5.32 Å². The minimum atomic E-state index is 0.461. The van der Waals surface area contributed by atoms with E-state index in [1.54, 1.807) is 0 Å². The Balaban J connectivity index is 1.69. The highest BCUT2D eigenvalue weighted by atomic mass is 16.5. The smallest absolute Gasteiger partial charge is 0.165 e. The standard InChI is InChI=1S/C12H23N5O/c1-2-7-13-10-12-14-15-16-17(12)8-9-18-11-5-3-4-6-11/h11,13H,2-10H2,1H3. The zero-order valence-corrected chi connectivity index (χ0v) is 11.1. The highest BCUT2D eigenvalue weighted by molar-refractivity contribution is 4.79. The fourth-order valence-electron chi connectivity index (χ4n) is 2.26. The van der Waals surface area contributed by atoms with Crippen molar-refractivity contribution in [2.24, 2.45) is 0 Å². The van der Waals surface area contributed by atoms with Crippen molar-refractivity contribution in [2.45, 2.75) is 58.2 Å². The lowest BCUT2D eigenvalue weighted by Crippen LogP contribution is -2.20. The predicted molar refractivity (Wildman–Crippen MR) is 68.0 cm³/mol. The van der Waals surface area contributed by atoms with Crippen LogP contribution in [0.2, 0.25) is 0 Å². The molecule has 1 heterocycles. The summed E-state index contributed by atoms with van der Waals surface area (Å²) in [4.78, 5) is 0. The van der Waals surface area contributed by atoms with Gasteiger partial charge in [-0.3, -0.25) is 0 Å². The molecular weight excluding hydrogens is 230 g/mol. The van der Waals surface area contributed by atoms with Crippen molar-refractivity contribution < 1.29 is 4.74 Å². The average molecular weight is 253 g/mol. The van der Waals surface area contributed by atoms with Crippen LogP contribution in [0.1, 0.15) is 44.9 Å². The highest BCUT2D eigenvalue weighted by Crippen LogP contribution is 2.20. The Morgan fingerprint density at radius 3 is 3.00 bits per heavy atom. The number of hydrogen-bond acceptors (Lipinski definition) is 5. The van der Waals surface area contributed by atoms with Crippen LogP contribution in [-0.2, 0) is 17.8 Å². The van der Waals surface area contributed by atoms with Gasteiger partial charge in [-0.1, -0.05) is 19.8 Å². The number of aromatic nitrogens is 4. The molecule has 0 saturated heterocycles. The first-order valence-corrected chi connectivity index (χ1v) is 6.97. The first-order chi connectivity index (χ1) is 8.90. The van der Waals surface area contributed by atoms with Gasteiger partial charge >= 0.3 is 0 Å². The van der Waals surface area contributed by atoms with Gasteiger partial charge in [0.1, 0.15) is 0 Å². The molecular formula is C12H23N5O. The Kier molecular flexibility index (Phi) is 5.54. The van der Waals surface area contributed by atoms with Gasteiger partial charge in [0.25, 0.3) is 0 Å². The molecule has 6 nitrogen and oxygen atoms in total. The molecule has 0 aliphatic heterocycles. The number of hydrogen-bond donors (Lipinski definition) is 1. The normalized spacial score (nSPS) is 16.5. The van der Waals surface area contributed by atoms with Crippen molar-refractivity contribution in [3.05, 3.63) is 5.82 Å². The Labute approximate surface area is 108 Å². The maximum atomic E-state index is 5.82. The highest BCUT2D eigenvalue weighted by Gasteiger charge is 2.15. The van der Waals surface area contributed by atoms with Crippen LogP contribution in [0, 0.1) is 0 Å². The Morgan fingerprint density at radius 1 is 1.39 bits per heavy atom. The molecule has 0 atom stereocenters. The summed E-state index contributed by atoms with van der Waals surface area (Å²) >= 11 is 0. The lowest BCUT2D eigenvalue weighted by molar-refractivity contribution is 0.0507. The van der Waals surface area contributed by atoms with E-state index >= 15 is 0 Å². The molecule has 0 aromatic carbocycles. The third-order valence-electron chi connectivity index (χ3n) is 3.27. The van der Waals surface area contributed by atoms with E-state index in [1.807, 2.05) is 4.68 Å². The van der Waals surface area contributed by atoms with E-state index in [1.165, 1.54) is 25.7 Å². The molecule has 0 radical (unpaired) electrons. The second-order valence-electron chi connectivity index (χ2n) is 4.77. The zero-order chi connectivity index (χ0) is 12.6. The minimum absolute atomic E-state index is 0.461. The molecule has 1 aromatic heterocycles. The van der Waals surface area contributed by atoms with E-state index in [4.69, 9.17) is 4.74 Å². The van der Waals surface area contributed by atoms with Gasteiger partial charge in [0.15, 0.2) is 5.82 Å². The molecule has 102 valence electrons. The number of ether oxygens (including phenoxy) is 1. The summed E-state index contributed by atoms with van der Waals surface area (Å²) < 4.78 is 7.65. The van der Waals surface area contributed by atoms with Gasteiger partial charge in [0.2, 0.25) is 0 Å². The summed E-state index contributed by atoms with van der Waals surface area (Å²) in [5, 5.41) is 15.0. The van der Waals surface area contributed by atoms with E-state index in [0.29, 0.717) is 12.7 Å². The molecule has 0 spiro atoms. The van der Waals surface area contributed by atoms with Crippen LogP contribution in [0.3, 0.4) is 0 Å². The average Bonchev–Trinajstić information content (AvgIpc) is 3.02. The quantitative estimate of drug-likeness (QED) is 0.704. The molecule has 1 aromatic rings. The number of nitrogens with zero attached hydrogens (tertiary/aromatic N) is 4. The molecule has 0 bridgehead atoms. The maximum Gasteiger partial charge on any atom is 0.165 e. The molecule has 2 rings (SSSR count). The second kappa shape index (κ2) is 7.43. The number of tetrazole rings is 1. The summed E-state index contributed by atoms with van der Waals surface area (Å²) in [5.41, 5.74) is 0. The van der Waals surface area contributed by atoms with Crippen molar-refractivity contribution in [1.29, 1.82) is 0 Å². The zero-order valence-electron chi connectivity index (χ0n) is 11.1. The van der Waals surface area contributed by atoms with Crippen molar-refractivity contribution in [3.8, 4) is 0 Å². The SMILES string of the molecule is CCCNCc1nnnn1CCOC1CCCC1. The van der Waals surface area contributed by atoms with E-state index in [2.05, 4.69) is 27.8 Å². The molecule has 1 saturated carbocycles. The summed E-state index contributed by atoms with van der Waals surface area (Å²) in [7, 11) is 0. The van der Waals surface area contributed by atoms with Crippen LogP contribution in [0.25, 0.3) is 0 Å². The molecule has 1 fully saturated rings. The summed E-state index contributed by atoms with van der Waals surface area (Å²) in [6.45, 7) is 5.31. The molecule has 0 unspecified atom stereocenters. The molecule has 6 heteroatoms. The van der Waals surface area contributed by atoms with Gasteiger partial charge in [0, 0.05) is 0 Å². The van der Waals surface area contributed by atoms with Crippen LogP contribution in [0.15, 0.2) is 0 Å². The lowest BCUT2D eigenvalue weighted by atomic mass is 10.3. The van der Waals surface area contributed by atoms with Crippen LogP contribution in [0.5, 0.6) is 0 Å². The topological polar surface area (TPSA) is 64.9 Å². The predicted octanol–water partition coefficient (Wildman–Crippen LogP) is 1.13. The van der Waals surface area contributed by atoms with Gasteiger partial charge in [-0.05, 0) is 36.2 Å². The maximum absolute atomic E-state index is 5.82. The van der Waals surface area contributed by atoms with Crippen LogP contribution in [-0.4, -0.2) is 39.5 Å². The van der Waals surface area contributed by atoms with Crippen molar-refractivity contribution in [1.82, 2.24) is 25.5 Å². The molecule has 1 aliphatic rings. The third-order valence-corrected chi connectivity index (χ3v) is 3.27. The van der Waals surface area contributed by atoms with E-state index in [9.17, 15) is 0 Å². The van der Waals surface area contributed by atoms with Gasteiger partial charge in [0.05, 0.1) is 25.8 Å². The van der Waals surface area contributed by atoms with Crippen molar-refractivity contribution >= 4 is 0 Å². The van der Waals surface area contributed by atoms with E-state index < -0.39 is 0 Å². The molecule has 1 aliphatic carbocycles. The fourth-order valence-corrected chi connectivity index (χ4v) is 2.26. The van der Waals surface area contributed by atoms with Gasteiger partial charge in [-0.25, -0.2) is 4.68 Å². The third kappa shape index (κ3) is 4.03. The molecule has 0 amide bonds. The number of rotatable bonds is 8. The Bertz CT molecular complexity index is 335. The number of nitrogens with one attached hydrogen (secondary N) is 1. The first kappa shape index (κ1) is 13.4. The summed E-state index contributed by atoms with van der Waals surface area (Å²) in [5.74, 6) is 0.887. The Morgan fingerprint density at radius 2 is 2.22 bits per heavy atom. The van der Waals surface area contributed by atoms with Crippen molar-refractivity contribution in [3.63, 3.8) is 0 Å². The van der Waals surface area contributed by atoms with E-state index in [-0.39, 0.29) is 0 Å². The summed E-state index contributed by atoms with van der Waals surface area (Å²) in [6, 6.07) is 0. The molecule has 1 N–H and O–H groups in total. The van der Waals surface area contributed by atoms with Crippen LogP contribution in [0.4, 0.5) is 0 Å². The van der Waals surface area contributed by atoms with Gasteiger partial charge < -0.3 is 10.1 Å². The monoisotopic (exact) mass is 253 g/mol. The Hall–Kier alpha value is -1.01. The second-order valence-corrected chi connectivity index (χ2v) is 4.77.